The van der Waals surface area contributed by atoms with Crippen molar-refractivity contribution in [3.8, 4) is 5.82 Å². The molecule has 0 saturated heterocycles. The van der Waals surface area contributed by atoms with E-state index < -0.39 is 17.6 Å². The van der Waals surface area contributed by atoms with E-state index in [9.17, 15) is 13.6 Å². The molecule has 0 radical (unpaired) electrons. The third kappa shape index (κ3) is 2.59. The van der Waals surface area contributed by atoms with Crippen LogP contribution in [-0.4, -0.2) is 35.5 Å². The molecule has 3 aromatic heterocycles. The highest BCUT2D eigenvalue weighted by atomic mass is 19.1. The van der Waals surface area contributed by atoms with Gasteiger partial charge in [-0.15, -0.1) is 15.3 Å². The lowest BCUT2D eigenvalue weighted by Gasteiger charge is -2.24. The Bertz CT molecular complexity index is 1270. The lowest BCUT2D eigenvalue weighted by molar-refractivity contribution is -0.116. The van der Waals surface area contributed by atoms with Crippen LogP contribution < -0.4 is 5.32 Å². The second kappa shape index (κ2) is 6.16. The predicted molar refractivity (Wildman–Crippen MR) is 98.8 cm³/mol. The van der Waals surface area contributed by atoms with E-state index >= 15 is 0 Å². The van der Waals surface area contributed by atoms with Gasteiger partial charge in [0.1, 0.15) is 17.5 Å². The number of fused-ring (bicyclic) bond motifs is 2. The van der Waals surface area contributed by atoms with Crippen molar-refractivity contribution in [2.45, 2.75) is 26.2 Å². The molecule has 0 fully saturated rings. The van der Waals surface area contributed by atoms with Crippen LogP contribution in [0.3, 0.4) is 0 Å². The molecule has 4 heterocycles. The van der Waals surface area contributed by atoms with Crippen LogP contribution in [0, 0.1) is 25.5 Å². The number of amides is 1. The van der Waals surface area contributed by atoms with Crippen molar-refractivity contribution in [2.24, 2.45) is 0 Å². The SMILES string of the molecule is Cc1nn(-c2ccc3nnc(C)n3n2)c2c1[C@@H](c1c(F)cccc1F)CC(=O)N2. The fourth-order valence-electron chi connectivity index (χ4n) is 3.80. The molecule has 146 valence electrons. The van der Waals surface area contributed by atoms with E-state index in [0.717, 1.165) is 0 Å². The van der Waals surface area contributed by atoms with Crippen molar-refractivity contribution in [1.82, 2.24) is 29.6 Å². The highest BCUT2D eigenvalue weighted by Gasteiger charge is 2.35. The number of benzene rings is 1. The Morgan fingerprint density at radius 1 is 1.03 bits per heavy atom. The number of aryl methyl sites for hydroxylation is 2. The average molecular weight is 395 g/mol. The molecule has 29 heavy (non-hydrogen) atoms. The number of aromatic nitrogens is 6. The van der Waals surface area contributed by atoms with E-state index in [1.807, 2.05) is 0 Å². The molecular weight excluding hydrogens is 380 g/mol. The van der Waals surface area contributed by atoms with E-state index in [2.05, 4.69) is 25.7 Å². The van der Waals surface area contributed by atoms with Crippen LogP contribution in [0.25, 0.3) is 11.5 Å². The monoisotopic (exact) mass is 395 g/mol. The Hall–Kier alpha value is -3.69. The fraction of sp³-hybridized carbons (Fsp3) is 0.211. The van der Waals surface area contributed by atoms with E-state index in [1.54, 1.807) is 30.5 Å². The lowest BCUT2D eigenvalue weighted by Crippen LogP contribution is -2.26. The maximum Gasteiger partial charge on any atom is 0.226 e. The minimum atomic E-state index is -0.783. The number of carbonyl (C=O) groups excluding carboxylic acids is 1. The van der Waals surface area contributed by atoms with Crippen LogP contribution in [-0.2, 0) is 4.79 Å². The largest absolute Gasteiger partial charge is 0.310 e. The topological polar surface area (TPSA) is 90.0 Å². The molecule has 1 aliphatic rings. The summed E-state index contributed by atoms with van der Waals surface area (Å²) in [6.45, 7) is 3.50. The number of rotatable bonds is 2. The normalized spacial score (nSPS) is 16.1. The maximum absolute atomic E-state index is 14.5. The molecule has 4 aromatic rings. The van der Waals surface area contributed by atoms with Gasteiger partial charge in [-0.05, 0) is 38.1 Å². The molecular formula is C19H15F2N7O. The molecule has 10 heteroatoms. The molecule has 5 rings (SSSR count). The Kier molecular flexibility index (Phi) is 3.70. The smallest absolute Gasteiger partial charge is 0.226 e. The molecule has 1 aromatic carbocycles. The first-order valence-electron chi connectivity index (χ1n) is 8.96. The van der Waals surface area contributed by atoms with Crippen molar-refractivity contribution in [2.75, 3.05) is 5.32 Å². The summed E-state index contributed by atoms with van der Waals surface area (Å²) in [6, 6.07) is 7.10. The Balaban J connectivity index is 1.72. The van der Waals surface area contributed by atoms with Crippen molar-refractivity contribution in [3.05, 3.63) is 64.6 Å². The van der Waals surface area contributed by atoms with Crippen molar-refractivity contribution in [3.63, 3.8) is 0 Å². The molecule has 0 saturated carbocycles. The summed E-state index contributed by atoms with van der Waals surface area (Å²) in [5.41, 5.74) is 1.55. The zero-order valence-corrected chi connectivity index (χ0v) is 15.5. The fourth-order valence-corrected chi connectivity index (χ4v) is 3.80. The summed E-state index contributed by atoms with van der Waals surface area (Å²) >= 11 is 0. The van der Waals surface area contributed by atoms with E-state index in [1.165, 1.54) is 22.9 Å². The molecule has 0 unspecified atom stereocenters. The van der Waals surface area contributed by atoms with Gasteiger partial charge in [0.05, 0.1) is 5.69 Å². The summed E-state index contributed by atoms with van der Waals surface area (Å²) in [6.07, 6.45) is -0.0750. The second-order valence-electron chi connectivity index (χ2n) is 6.91. The van der Waals surface area contributed by atoms with E-state index in [0.29, 0.717) is 34.4 Å². The number of nitrogens with one attached hydrogen (secondary N) is 1. The van der Waals surface area contributed by atoms with Crippen LogP contribution in [0.5, 0.6) is 0 Å². The molecule has 0 aliphatic carbocycles. The first-order chi connectivity index (χ1) is 13.9. The van der Waals surface area contributed by atoms with E-state index in [4.69, 9.17) is 0 Å². The van der Waals surface area contributed by atoms with Crippen LogP contribution in [0.1, 0.15) is 35.0 Å². The molecule has 1 amide bonds. The van der Waals surface area contributed by atoms with Crippen LogP contribution >= 0.6 is 0 Å². The minimum Gasteiger partial charge on any atom is -0.310 e. The summed E-state index contributed by atoms with van der Waals surface area (Å²) < 4.78 is 32.0. The second-order valence-corrected chi connectivity index (χ2v) is 6.91. The first-order valence-corrected chi connectivity index (χ1v) is 8.96. The van der Waals surface area contributed by atoms with Crippen LogP contribution in [0.4, 0.5) is 14.6 Å². The standard InChI is InChI=1S/C19H15F2N7O/c1-9-17-11(18-12(20)4-3-5-13(18)21)8-16(29)22-19(17)28(25-9)15-7-6-14-24-23-10(2)27(14)26-15/h3-7,11H,8H2,1-2H3,(H,22,29)/t11-/m0/s1. The van der Waals surface area contributed by atoms with Gasteiger partial charge in [-0.1, -0.05) is 6.07 Å². The summed E-state index contributed by atoms with van der Waals surface area (Å²) in [4.78, 5) is 12.4. The molecule has 0 bridgehead atoms. The molecule has 8 nitrogen and oxygen atoms in total. The number of carbonyl (C=O) groups is 1. The van der Waals surface area contributed by atoms with Crippen LogP contribution in [0.15, 0.2) is 30.3 Å². The van der Waals surface area contributed by atoms with E-state index in [-0.39, 0.29) is 17.9 Å². The van der Waals surface area contributed by atoms with Crippen molar-refractivity contribution in [1.29, 1.82) is 0 Å². The number of anilines is 1. The molecule has 1 atom stereocenters. The Morgan fingerprint density at radius 3 is 2.55 bits per heavy atom. The number of nitrogens with zero attached hydrogens (tertiary/aromatic N) is 6. The van der Waals surface area contributed by atoms with Gasteiger partial charge < -0.3 is 5.32 Å². The quantitative estimate of drug-likeness (QED) is 0.564. The summed E-state index contributed by atoms with van der Waals surface area (Å²) in [7, 11) is 0. The zero-order valence-electron chi connectivity index (χ0n) is 15.5. The van der Waals surface area contributed by atoms with Gasteiger partial charge in [0.25, 0.3) is 0 Å². The van der Waals surface area contributed by atoms with Crippen molar-refractivity contribution >= 4 is 17.4 Å². The minimum absolute atomic E-state index is 0.0750. The lowest BCUT2D eigenvalue weighted by atomic mass is 9.85. The Morgan fingerprint density at radius 2 is 1.79 bits per heavy atom. The average Bonchev–Trinajstić information content (AvgIpc) is 3.21. The predicted octanol–water partition coefficient (Wildman–Crippen LogP) is 2.68. The Labute approximate surface area is 163 Å². The van der Waals surface area contributed by atoms with Gasteiger partial charge in [-0.25, -0.2) is 8.78 Å². The third-order valence-corrected chi connectivity index (χ3v) is 5.07. The molecule has 0 spiro atoms. The van der Waals surface area contributed by atoms with Crippen LogP contribution in [0.2, 0.25) is 0 Å². The van der Waals surface area contributed by atoms with Gasteiger partial charge in [-0.2, -0.15) is 14.3 Å². The molecule has 1 aliphatic heterocycles. The zero-order chi connectivity index (χ0) is 20.3. The number of hydrogen-bond acceptors (Lipinski definition) is 5. The highest BCUT2D eigenvalue weighted by molar-refractivity contribution is 5.95. The van der Waals surface area contributed by atoms with Crippen molar-refractivity contribution < 1.29 is 13.6 Å². The number of hydrogen-bond donors (Lipinski definition) is 1. The van der Waals surface area contributed by atoms with Gasteiger partial charge in [0, 0.05) is 23.5 Å². The van der Waals surface area contributed by atoms with Gasteiger partial charge in [0.2, 0.25) is 5.91 Å². The first kappa shape index (κ1) is 17.4. The van der Waals surface area contributed by atoms with Gasteiger partial charge in [-0.3, -0.25) is 4.79 Å². The molecule has 1 N–H and O–H groups in total. The third-order valence-electron chi connectivity index (χ3n) is 5.07. The highest BCUT2D eigenvalue weighted by Crippen LogP contribution is 2.41. The van der Waals surface area contributed by atoms with Gasteiger partial charge in [0.15, 0.2) is 17.3 Å². The number of halogens is 2. The summed E-state index contributed by atoms with van der Waals surface area (Å²) in [5, 5.41) is 19.7. The summed E-state index contributed by atoms with van der Waals surface area (Å²) in [5.74, 6) is -1.16. The maximum atomic E-state index is 14.5. The van der Waals surface area contributed by atoms with Gasteiger partial charge >= 0.3 is 0 Å².